The maximum Gasteiger partial charge on any atom is 0.368 e. The summed E-state index contributed by atoms with van der Waals surface area (Å²) in [6.07, 6.45) is 0. The molecule has 0 aliphatic rings. The van der Waals surface area contributed by atoms with E-state index in [2.05, 4.69) is 10.4 Å². The lowest BCUT2D eigenvalue weighted by Gasteiger charge is -2.04. The van der Waals surface area contributed by atoms with E-state index in [0.29, 0.717) is 11.4 Å². The highest BCUT2D eigenvalue weighted by Gasteiger charge is 2.07. The molecule has 0 unspecified atom stereocenters. The smallest absolute Gasteiger partial charge is 0.368 e. The van der Waals surface area contributed by atoms with Crippen LogP contribution in [0.25, 0.3) is 5.69 Å². The molecule has 0 saturated carbocycles. The summed E-state index contributed by atoms with van der Waals surface area (Å²) in [4.78, 5) is 11.6. The van der Waals surface area contributed by atoms with Gasteiger partial charge in [0.15, 0.2) is 0 Å². The van der Waals surface area contributed by atoms with Crippen molar-refractivity contribution in [2.75, 3.05) is 7.11 Å². The summed E-state index contributed by atoms with van der Waals surface area (Å²) >= 11 is 0. The minimum Gasteiger partial charge on any atom is -0.497 e. The summed E-state index contributed by atoms with van der Waals surface area (Å²) in [7, 11) is 3.14. The van der Waals surface area contributed by atoms with E-state index in [1.807, 2.05) is 19.1 Å². The number of hydrogen-bond acceptors (Lipinski definition) is 4. The minimum absolute atomic E-state index is 0.285. The molecule has 0 spiro atoms. The molecule has 0 fully saturated rings. The fourth-order valence-corrected chi connectivity index (χ4v) is 1.44. The zero-order valence-corrected chi connectivity index (χ0v) is 9.34. The van der Waals surface area contributed by atoms with Crippen LogP contribution in [0.4, 0.5) is 0 Å². The third-order valence-electron chi connectivity index (χ3n) is 2.24. The standard InChI is InChI=1S/C10H12N4O2/c1-7-4-8(6-9(5-7)16-3)14-10(15)13(2)11-12-14/h4-6H,1-3H3. The van der Waals surface area contributed by atoms with E-state index in [0.717, 1.165) is 5.56 Å². The van der Waals surface area contributed by atoms with Gasteiger partial charge in [-0.25, -0.2) is 4.79 Å². The van der Waals surface area contributed by atoms with Gasteiger partial charge in [0.1, 0.15) is 5.75 Å². The first-order valence-electron chi connectivity index (χ1n) is 4.77. The molecule has 0 atom stereocenters. The average Bonchev–Trinajstić information content (AvgIpc) is 2.59. The monoisotopic (exact) mass is 220 g/mol. The van der Waals surface area contributed by atoms with Gasteiger partial charge in [0.05, 0.1) is 12.8 Å². The highest BCUT2D eigenvalue weighted by atomic mass is 16.5. The van der Waals surface area contributed by atoms with Crippen LogP contribution in [0.1, 0.15) is 5.56 Å². The first kappa shape index (κ1) is 10.4. The molecule has 0 saturated heterocycles. The summed E-state index contributed by atoms with van der Waals surface area (Å²) < 4.78 is 7.54. The van der Waals surface area contributed by atoms with Crippen LogP contribution in [0.5, 0.6) is 5.75 Å². The van der Waals surface area contributed by atoms with E-state index < -0.39 is 0 Å². The number of aryl methyl sites for hydroxylation is 2. The number of aromatic nitrogens is 4. The maximum atomic E-state index is 11.6. The van der Waals surface area contributed by atoms with Gasteiger partial charge in [0, 0.05) is 13.1 Å². The highest BCUT2D eigenvalue weighted by Crippen LogP contribution is 2.17. The molecule has 1 aromatic carbocycles. The van der Waals surface area contributed by atoms with Crippen molar-refractivity contribution in [1.29, 1.82) is 0 Å². The fourth-order valence-electron chi connectivity index (χ4n) is 1.44. The molecule has 6 nitrogen and oxygen atoms in total. The Labute approximate surface area is 92.1 Å². The van der Waals surface area contributed by atoms with Gasteiger partial charge in [-0.05, 0) is 35.0 Å². The summed E-state index contributed by atoms with van der Waals surface area (Å²) in [6, 6.07) is 5.46. The Morgan fingerprint density at radius 3 is 2.56 bits per heavy atom. The topological polar surface area (TPSA) is 61.9 Å². The first-order valence-corrected chi connectivity index (χ1v) is 4.77. The van der Waals surface area contributed by atoms with Crippen LogP contribution in [0.3, 0.4) is 0 Å². The van der Waals surface area contributed by atoms with E-state index in [-0.39, 0.29) is 5.69 Å². The Hall–Kier alpha value is -2.11. The minimum atomic E-state index is -0.285. The van der Waals surface area contributed by atoms with Crippen molar-refractivity contribution in [3.63, 3.8) is 0 Å². The Bertz CT molecular complexity index is 570. The number of methoxy groups -OCH3 is 1. The lowest BCUT2D eigenvalue weighted by molar-refractivity contribution is 0.414. The van der Waals surface area contributed by atoms with Crippen LogP contribution < -0.4 is 10.4 Å². The van der Waals surface area contributed by atoms with Crippen LogP contribution in [-0.4, -0.2) is 26.9 Å². The number of ether oxygens (including phenoxy) is 1. The molecule has 0 amide bonds. The largest absolute Gasteiger partial charge is 0.497 e. The second-order valence-electron chi connectivity index (χ2n) is 3.51. The highest BCUT2D eigenvalue weighted by molar-refractivity contribution is 5.42. The molecule has 2 aromatic rings. The quantitative estimate of drug-likeness (QED) is 0.729. The molecule has 84 valence electrons. The molecule has 1 aromatic heterocycles. The molecule has 0 bridgehead atoms. The van der Waals surface area contributed by atoms with Gasteiger partial charge >= 0.3 is 5.69 Å². The second-order valence-corrected chi connectivity index (χ2v) is 3.51. The molecule has 0 N–H and O–H groups in total. The molecule has 6 heteroatoms. The lowest BCUT2D eigenvalue weighted by Crippen LogP contribution is -2.21. The number of hydrogen-bond donors (Lipinski definition) is 0. The second kappa shape index (κ2) is 3.80. The molecule has 0 aliphatic heterocycles. The van der Waals surface area contributed by atoms with Gasteiger partial charge in [-0.1, -0.05) is 0 Å². The normalized spacial score (nSPS) is 10.4. The van der Waals surface area contributed by atoms with Crippen LogP contribution in [0.2, 0.25) is 0 Å². The van der Waals surface area contributed by atoms with Crippen molar-refractivity contribution in [3.8, 4) is 11.4 Å². The van der Waals surface area contributed by atoms with Gasteiger partial charge in [-0.3, -0.25) is 0 Å². The first-order chi connectivity index (χ1) is 7.61. The Morgan fingerprint density at radius 2 is 2.00 bits per heavy atom. The van der Waals surface area contributed by atoms with Crippen LogP contribution in [0.15, 0.2) is 23.0 Å². The number of tetrazole rings is 1. The van der Waals surface area contributed by atoms with Crippen LogP contribution in [-0.2, 0) is 7.05 Å². The predicted molar refractivity (Wildman–Crippen MR) is 57.9 cm³/mol. The summed E-state index contributed by atoms with van der Waals surface area (Å²) in [5.74, 6) is 0.688. The van der Waals surface area contributed by atoms with Gasteiger partial charge in [0.2, 0.25) is 0 Å². The van der Waals surface area contributed by atoms with Crippen molar-refractivity contribution in [2.24, 2.45) is 7.05 Å². The average molecular weight is 220 g/mol. The lowest BCUT2D eigenvalue weighted by atomic mass is 10.2. The van der Waals surface area contributed by atoms with Gasteiger partial charge in [-0.2, -0.15) is 9.36 Å². The molecular weight excluding hydrogens is 208 g/mol. The number of nitrogens with zero attached hydrogens (tertiary/aromatic N) is 4. The van der Waals surface area contributed by atoms with Crippen molar-refractivity contribution >= 4 is 0 Å². The Morgan fingerprint density at radius 1 is 1.25 bits per heavy atom. The molecule has 0 aliphatic carbocycles. The van der Waals surface area contributed by atoms with Gasteiger partial charge < -0.3 is 4.74 Å². The Balaban J connectivity index is 2.60. The molecule has 16 heavy (non-hydrogen) atoms. The van der Waals surface area contributed by atoms with E-state index >= 15 is 0 Å². The van der Waals surface area contributed by atoms with E-state index in [1.54, 1.807) is 20.2 Å². The van der Waals surface area contributed by atoms with Gasteiger partial charge in [0.25, 0.3) is 0 Å². The van der Waals surface area contributed by atoms with Crippen molar-refractivity contribution < 1.29 is 4.74 Å². The number of benzene rings is 1. The number of rotatable bonds is 2. The third-order valence-corrected chi connectivity index (χ3v) is 2.24. The van der Waals surface area contributed by atoms with Crippen LogP contribution >= 0.6 is 0 Å². The fraction of sp³-hybridized carbons (Fsp3) is 0.300. The van der Waals surface area contributed by atoms with E-state index in [1.165, 1.54) is 9.36 Å². The van der Waals surface area contributed by atoms with Crippen LogP contribution in [0, 0.1) is 6.92 Å². The van der Waals surface area contributed by atoms with Crippen molar-refractivity contribution in [2.45, 2.75) is 6.92 Å². The van der Waals surface area contributed by atoms with E-state index in [9.17, 15) is 4.79 Å². The summed E-state index contributed by atoms with van der Waals surface area (Å²) in [5, 5.41) is 7.42. The summed E-state index contributed by atoms with van der Waals surface area (Å²) in [5.41, 5.74) is 1.36. The molecule has 0 radical (unpaired) electrons. The van der Waals surface area contributed by atoms with Gasteiger partial charge in [-0.15, -0.1) is 0 Å². The van der Waals surface area contributed by atoms with Crippen molar-refractivity contribution in [1.82, 2.24) is 19.8 Å². The SMILES string of the molecule is COc1cc(C)cc(-n2nnn(C)c2=O)c1. The van der Waals surface area contributed by atoms with Crippen molar-refractivity contribution in [3.05, 3.63) is 34.2 Å². The van der Waals surface area contributed by atoms with E-state index in [4.69, 9.17) is 4.74 Å². The third kappa shape index (κ3) is 1.69. The Kier molecular flexibility index (Phi) is 2.47. The maximum absolute atomic E-state index is 11.6. The zero-order chi connectivity index (χ0) is 11.7. The summed E-state index contributed by atoms with van der Waals surface area (Å²) in [6.45, 7) is 1.92. The molecular formula is C10H12N4O2. The molecule has 1 heterocycles. The predicted octanol–water partition coefficient (Wildman–Crippen LogP) is 0.283. The zero-order valence-electron chi connectivity index (χ0n) is 9.34. The molecule has 2 rings (SSSR count).